The fourth-order valence-electron chi connectivity index (χ4n) is 2.79. The molecule has 1 aliphatic rings. The molecule has 2 heterocycles. The Morgan fingerprint density at radius 1 is 1.43 bits per heavy atom. The number of hydrogen-bond donors (Lipinski definition) is 0. The molecule has 0 spiro atoms. The van der Waals surface area contributed by atoms with Crippen molar-refractivity contribution in [2.75, 3.05) is 6.54 Å². The summed E-state index contributed by atoms with van der Waals surface area (Å²) in [7, 11) is 0. The molecule has 1 atom stereocenters. The van der Waals surface area contributed by atoms with Crippen LogP contribution in [0.1, 0.15) is 35.9 Å². The normalized spacial score (nSPS) is 18.2. The van der Waals surface area contributed by atoms with Crippen molar-refractivity contribution in [1.82, 2.24) is 10.1 Å². The largest absolute Gasteiger partial charge is 0.361 e. The molecule has 4 nitrogen and oxygen atoms in total. The second-order valence-electron chi connectivity index (χ2n) is 5.41. The molecule has 1 fully saturated rings. The van der Waals surface area contributed by atoms with E-state index < -0.39 is 0 Å². The molecule has 0 N–H and O–H groups in total. The standard InChI is InChI=1S/C16H17ClN2O2/c1-11-9-14(18-21-11)15-3-2-8-19(15)16(20)10-12-4-6-13(17)7-5-12/h4-7,9,15H,2-3,8,10H2,1H3. The minimum absolute atomic E-state index is 0.0438. The Morgan fingerprint density at radius 2 is 2.19 bits per heavy atom. The molecule has 110 valence electrons. The van der Waals surface area contributed by atoms with E-state index in [2.05, 4.69) is 5.16 Å². The molecular weight excluding hydrogens is 288 g/mol. The van der Waals surface area contributed by atoms with Gasteiger partial charge in [0, 0.05) is 17.6 Å². The monoisotopic (exact) mass is 304 g/mol. The van der Waals surface area contributed by atoms with Gasteiger partial charge in [0.1, 0.15) is 11.5 Å². The molecule has 1 aromatic carbocycles. The highest BCUT2D eigenvalue weighted by atomic mass is 35.5. The molecule has 0 bridgehead atoms. The second-order valence-corrected chi connectivity index (χ2v) is 5.85. The van der Waals surface area contributed by atoms with Crippen LogP contribution in [0.3, 0.4) is 0 Å². The number of aryl methyl sites for hydroxylation is 1. The van der Waals surface area contributed by atoms with Crippen LogP contribution in [0.25, 0.3) is 0 Å². The first-order chi connectivity index (χ1) is 10.1. The minimum atomic E-state index is 0.0438. The van der Waals surface area contributed by atoms with E-state index in [4.69, 9.17) is 16.1 Å². The Morgan fingerprint density at radius 3 is 2.86 bits per heavy atom. The van der Waals surface area contributed by atoms with Crippen LogP contribution in [0.5, 0.6) is 0 Å². The van der Waals surface area contributed by atoms with Gasteiger partial charge >= 0.3 is 0 Å². The highest BCUT2D eigenvalue weighted by molar-refractivity contribution is 6.30. The minimum Gasteiger partial charge on any atom is -0.361 e. The summed E-state index contributed by atoms with van der Waals surface area (Å²) in [4.78, 5) is 14.4. The van der Waals surface area contributed by atoms with Gasteiger partial charge in [0.25, 0.3) is 0 Å². The number of hydrogen-bond acceptors (Lipinski definition) is 3. The summed E-state index contributed by atoms with van der Waals surface area (Å²) in [6, 6.07) is 9.37. The number of carbonyl (C=O) groups is 1. The quantitative estimate of drug-likeness (QED) is 0.871. The van der Waals surface area contributed by atoms with Crippen molar-refractivity contribution in [3.05, 3.63) is 52.4 Å². The average Bonchev–Trinajstić information content (AvgIpc) is 3.09. The van der Waals surface area contributed by atoms with Gasteiger partial charge in [0.15, 0.2) is 0 Å². The molecule has 1 aliphatic heterocycles. The summed E-state index contributed by atoms with van der Waals surface area (Å²) in [6.07, 6.45) is 2.34. The third-order valence-electron chi connectivity index (χ3n) is 3.83. The summed E-state index contributed by atoms with van der Waals surface area (Å²) in [5.41, 5.74) is 1.83. The summed E-state index contributed by atoms with van der Waals surface area (Å²) >= 11 is 5.87. The number of carbonyl (C=O) groups excluding carboxylic acids is 1. The maximum atomic E-state index is 12.5. The molecule has 1 unspecified atom stereocenters. The molecule has 3 rings (SSSR count). The van der Waals surface area contributed by atoms with Crippen LogP contribution >= 0.6 is 11.6 Å². The van der Waals surface area contributed by atoms with E-state index in [1.54, 1.807) is 0 Å². The van der Waals surface area contributed by atoms with Gasteiger partial charge in [0.05, 0.1) is 12.5 Å². The van der Waals surface area contributed by atoms with Gasteiger partial charge in [-0.15, -0.1) is 0 Å². The first-order valence-electron chi connectivity index (χ1n) is 7.10. The fraction of sp³-hybridized carbons (Fsp3) is 0.375. The van der Waals surface area contributed by atoms with Crippen LogP contribution in [0, 0.1) is 6.92 Å². The van der Waals surface area contributed by atoms with Gasteiger partial charge in [-0.1, -0.05) is 28.9 Å². The summed E-state index contributed by atoms with van der Waals surface area (Å²) in [5, 5.41) is 4.75. The maximum Gasteiger partial charge on any atom is 0.227 e. The van der Waals surface area contributed by atoms with Crippen molar-refractivity contribution in [2.45, 2.75) is 32.2 Å². The Kier molecular flexibility index (Phi) is 3.97. The highest BCUT2D eigenvalue weighted by Gasteiger charge is 2.31. The van der Waals surface area contributed by atoms with Gasteiger partial charge in [-0.25, -0.2) is 0 Å². The van der Waals surface area contributed by atoms with Crippen LogP contribution < -0.4 is 0 Å². The van der Waals surface area contributed by atoms with Crippen LogP contribution in [-0.4, -0.2) is 22.5 Å². The number of aromatic nitrogens is 1. The van der Waals surface area contributed by atoms with Gasteiger partial charge in [0.2, 0.25) is 5.91 Å². The molecule has 5 heteroatoms. The fourth-order valence-corrected chi connectivity index (χ4v) is 2.92. The van der Waals surface area contributed by atoms with Crippen LogP contribution in [0.2, 0.25) is 5.02 Å². The van der Waals surface area contributed by atoms with E-state index in [1.165, 1.54) is 0 Å². The molecule has 1 aromatic heterocycles. The first kappa shape index (κ1) is 14.1. The summed E-state index contributed by atoms with van der Waals surface area (Å²) in [6.45, 7) is 2.65. The van der Waals surface area contributed by atoms with Crippen molar-refractivity contribution in [3.8, 4) is 0 Å². The van der Waals surface area contributed by atoms with Gasteiger partial charge < -0.3 is 9.42 Å². The highest BCUT2D eigenvalue weighted by Crippen LogP contribution is 2.32. The van der Waals surface area contributed by atoms with E-state index >= 15 is 0 Å². The predicted octanol–water partition coefficient (Wildman–Crippen LogP) is 3.54. The number of amides is 1. The Hall–Kier alpha value is -1.81. The van der Waals surface area contributed by atoms with E-state index in [0.29, 0.717) is 11.4 Å². The predicted molar refractivity (Wildman–Crippen MR) is 80.1 cm³/mol. The SMILES string of the molecule is Cc1cc(C2CCCN2C(=O)Cc2ccc(Cl)cc2)no1. The Bertz CT molecular complexity index is 636. The van der Waals surface area contributed by atoms with Crippen molar-refractivity contribution in [2.24, 2.45) is 0 Å². The zero-order chi connectivity index (χ0) is 14.8. The number of nitrogens with zero attached hydrogens (tertiary/aromatic N) is 2. The van der Waals surface area contributed by atoms with Crippen LogP contribution in [0.15, 0.2) is 34.9 Å². The molecule has 0 radical (unpaired) electrons. The number of benzene rings is 1. The van der Waals surface area contributed by atoms with E-state index in [-0.39, 0.29) is 11.9 Å². The van der Waals surface area contributed by atoms with Gasteiger partial charge in [-0.2, -0.15) is 0 Å². The lowest BCUT2D eigenvalue weighted by Crippen LogP contribution is -2.32. The average molecular weight is 305 g/mol. The lowest BCUT2D eigenvalue weighted by Gasteiger charge is -2.23. The lowest BCUT2D eigenvalue weighted by molar-refractivity contribution is -0.131. The topological polar surface area (TPSA) is 46.3 Å². The molecule has 0 saturated carbocycles. The van der Waals surface area contributed by atoms with Crippen molar-refractivity contribution in [3.63, 3.8) is 0 Å². The molecule has 21 heavy (non-hydrogen) atoms. The summed E-state index contributed by atoms with van der Waals surface area (Å²) < 4.78 is 5.13. The third kappa shape index (κ3) is 3.10. The van der Waals surface area contributed by atoms with Crippen molar-refractivity contribution in [1.29, 1.82) is 0 Å². The maximum absolute atomic E-state index is 12.5. The van der Waals surface area contributed by atoms with Gasteiger partial charge in [-0.3, -0.25) is 4.79 Å². The molecule has 2 aromatic rings. The first-order valence-corrected chi connectivity index (χ1v) is 7.48. The number of halogens is 1. The number of likely N-dealkylation sites (tertiary alicyclic amines) is 1. The second kappa shape index (κ2) is 5.90. The number of rotatable bonds is 3. The van der Waals surface area contributed by atoms with Crippen molar-refractivity contribution < 1.29 is 9.32 Å². The molecule has 1 amide bonds. The molecule has 1 saturated heterocycles. The lowest BCUT2D eigenvalue weighted by atomic mass is 10.1. The Labute approximate surface area is 128 Å². The zero-order valence-corrected chi connectivity index (χ0v) is 12.6. The van der Waals surface area contributed by atoms with Gasteiger partial charge in [-0.05, 0) is 37.5 Å². The van der Waals surface area contributed by atoms with E-state index in [1.807, 2.05) is 42.2 Å². The van der Waals surface area contributed by atoms with Crippen LogP contribution in [0.4, 0.5) is 0 Å². The Balaban J connectivity index is 1.72. The van der Waals surface area contributed by atoms with Crippen molar-refractivity contribution >= 4 is 17.5 Å². The zero-order valence-electron chi connectivity index (χ0n) is 11.9. The third-order valence-corrected chi connectivity index (χ3v) is 4.08. The van der Waals surface area contributed by atoms with E-state index in [9.17, 15) is 4.79 Å². The van der Waals surface area contributed by atoms with Crippen LogP contribution in [-0.2, 0) is 11.2 Å². The molecular formula is C16H17ClN2O2. The molecule has 0 aliphatic carbocycles. The smallest absolute Gasteiger partial charge is 0.227 e. The summed E-state index contributed by atoms with van der Waals surface area (Å²) in [5.74, 6) is 0.905. The van der Waals surface area contributed by atoms with E-state index in [0.717, 1.165) is 36.4 Å².